The number of aryl methyl sites for hydroxylation is 1. The summed E-state index contributed by atoms with van der Waals surface area (Å²) < 4.78 is 0. The Labute approximate surface area is 132 Å². The molecule has 0 bridgehead atoms. The van der Waals surface area contributed by atoms with E-state index in [1.807, 2.05) is 6.92 Å². The number of aromatic nitrogens is 1. The standard InChI is InChI=1S/C16H17N3O2S/c1-9-14(22-16(17-9)11-6-7-11)15(21)19-13-5-3-4-12(8-13)18-10(2)20/h3-5,8,11H,6-7H2,1-2H3,(H,18,20)(H,19,21). The van der Waals surface area contributed by atoms with E-state index in [1.54, 1.807) is 24.3 Å². The zero-order chi connectivity index (χ0) is 15.7. The molecule has 1 aromatic heterocycles. The van der Waals surface area contributed by atoms with Gasteiger partial charge in [-0.1, -0.05) is 6.07 Å². The average molecular weight is 315 g/mol. The Hall–Kier alpha value is -2.21. The van der Waals surface area contributed by atoms with Crippen LogP contribution in [0, 0.1) is 6.92 Å². The molecule has 1 aliphatic rings. The molecule has 2 amide bonds. The first kappa shape index (κ1) is 14.7. The van der Waals surface area contributed by atoms with E-state index in [1.165, 1.54) is 31.1 Å². The van der Waals surface area contributed by atoms with Gasteiger partial charge in [-0.2, -0.15) is 0 Å². The minimum Gasteiger partial charge on any atom is -0.326 e. The number of hydrogen-bond donors (Lipinski definition) is 2. The van der Waals surface area contributed by atoms with Crippen molar-refractivity contribution < 1.29 is 9.59 Å². The van der Waals surface area contributed by atoms with Crippen molar-refractivity contribution in [3.8, 4) is 0 Å². The summed E-state index contributed by atoms with van der Waals surface area (Å²) in [6, 6.07) is 7.09. The van der Waals surface area contributed by atoms with Crippen LogP contribution in [0.25, 0.3) is 0 Å². The van der Waals surface area contributed by atoms with E-state index in [2.05, 4.69) is 15.6 Å². The normalized spacial score (nSPS) is 13.7. The van der Waals surface area contributed by atoms with Crippen molar-refractivity contribution in [2.75, 3.05) is 10.6 Å². The topological polar surface area (TPSA) is 71.1 Å². The number of nitrogens with zero attached hydrogens (tertiary/aromatic N) is 1. The molecule has 6 heteroatoms. The van der Waals surface area contributed by atoms with Crippen molar-refractivity contribution in [3.63, 3.8) is 0 Å². The number of anilines is 2. The molecule has 1 aromatic carbocycles. The van der Waals surface area contributed by atoms with Gasteiger partial charge >= 0.3 is 0 Å². The summed E-state index contributed by atoms with van der Waals surface area (Å²) in [5, 5.41) is 6.63. The number of thiazole rings is 1. The van der Waals surface area contributed by atoms with Crippen LogP contribution in [0.4, 0.5) is 11.4 Å². The second-order valence-corrected chi connectivity index (χ2v) is 6.49. The largest absolute Gasteiger partial charge is 0.326 e. The van der Waals surface area contributed by atoms with Gasteiger partial charge in [-0.25, -0.2) is 4.98 Å². The number of nitrogens with one attached hydrogen (secondary N) is 2. The summed E-state index contributed by atoms with van der Waals surface area (Å²) in [6.07, 6.45) is 2.35. The number of hydrogen-bond acceptors (Lipinski definition) is 4. The van der Waals surface area contributed by atoms with E-state index in [4.69, 9.17) is 0 Å². The molecule has 114 valence electrons. The lowest BCUT2D eigenvalue weighted by atomic mass is 10.2. The van der Waals surface area contributed by atoms with Crippen LogP contribution in [-0.4, -0.2) is 16.8 Å². The molecule has 1 heterocycles. The molecule has 1 fully saturated rings. The first-order valence-electron chi connectivity index (χ1n) is 7.19. The Balaban J connectivity index is 1.75. The van der Waals surface area contributed by atoms with Crippen LogP contribution in [0.1, 0.15) is 46.1 Å². The Kier molecular flexibility index (Phi) is 3.94. The van der Waals surface area contributed by atoms with E-state index in [9.17, 15) is 9.59 Å². The highest BCUT2D eigenvalue weighted by molar-refractivity contribution is 7.14. The van der Waals surface area contributed by atoms with Crippen molar-refractivity contribution in [2.45, 2.75) is 32.6 Å². The van der Waals surface area contributed by atoms with Crippen LogP contribution in [0.3, 0.4) is 0 Å². The van der Waals surface area contributed by atoms with Crippen LogP contribution in [0.2, 0.25) is 0 Å². The fraction of sp³-hybridized carbons (Fsp3) is 0.312. The highest BCUT2D eigenvalue weighted by atomic mass is 32.1. The van der Waals surface area contributed by atoms with Crippen molar-refractivity contribution in [1.82, 2.24) is 4.98 Å². The minimum atomic E-state index is -0.151. The molecule has 0 saturated heterocycles. The van der Waals surface area contributed by atoms with Gasteiger partial charge in [0, 0.05) is 24.2 Å². The van der Waals surface area contributed by atoms with E-state index in [-0.39, 0.29) is 11.8 Å². The number of rotatable bonds is 4. The minimum absolute atomic E-state index is 0.143. The van der Waals surface area contributed by atoms with Crippen molar-refractivity contribution in [2.24, 2.45) is 0 Å². The lowest BCUT2D eigenvalue weighted by molar-refractivity contribution is -0.114. The van der Waals surface area contributed by atoms with E-state index in [0.29, 0.717) is 22.2 Å². The summed E-state index contributed by atoms with van der Waals surface area (Å²) in [7, 11) is 0. The monoisotopic (exact) mass is 315 g/mol. The first-order chi connectivity index (χ1) is 10.5. The van der Waals surface area contributed by atoms with E-state index < -0.39 is 0 Å². The maximum atomic E-state index is 12.4. The number of amides is 2. The van der Waals surface area contributed by atoms with Gasteiger partial charge in [0.05, 0.1) is 10.7 Å². The van der Waals surface area contributed by atoms with Gasteiger partial charge in [0.25, 0.3) is 5.91 Å². The second-order valence-electron chi connectivity index (χ2n) is 5.46. The first-order valence-corrected chi connectivity index (χ1v) is 8.01. The van der Waals surface area contributed by atoms with Crippen molar-refractivity contribution in [3.05, 3.63) is 39.8 Å². The molecule has 0 aliphatic heterocycles. The van der Waals surface area contributed by atoms with Crippen LogP contribution < -0.4 is 10.6 Å². The Bertz CT molecular complexity index is 735. The lowest BCUT2D eigenvalue weighted by Gasteiger charge is -2.07. The zero-order valence-electron chi connectivity index (χ0n) is 12.5. The molecule has 3 rings (SSSR count). The molecule has 0 spiro atoms. The average Bonchev–Trinajstić information content (AvgIpc) is 3.21. The van der Waals surface area contributed by atoms with Crippen LogP contribution in [0.15, 0.2) is 24.3 Å². The Morgan fingerprint density at radius 3 is 2.55 bits per heavy atom. The summed E-state index contributed by atoms with van der Waals surface area (Å²) in [5.41, 5.74) is 2.09. The van der Waals surface area contributed by atoms with Gasteiger partial charge in [-0.3, -0.25) is 9.59 Å². The molecule has 1 saturated carbocycles. The zero-order valence-corrected chi connectivity index (χ0v) is 13.3. The quantitative estimate of drug-likeness (QED) is 0.906. The molecule has 2 N–H and O–H groups in total. The highest BCUT2D eigenvalue weighted by Crippen LogP contribution is 2.42. The number of benzene rings is 1. The SMILES string of the molecule is CC(=O)Nc1cccc(NC(=O)c2sc(C3CC3)nc2C)c1. The van der Waals surface area contributed by atoms with Crippen molar-refractivity contribution in [1.29, 1.82) is 0 Å². The molecule has 22 heavy (non-hydrogen) atoms. The fourth-order valence-corrected chi connectivity index (χ4v) is 3.33. The summed E-state index contributed by atoms with van der Waals surface area (Å²) in [6.45, 7) is 3.32. The second kappa shape index (κ2) is 5.88. The van der Waals surface area contributed by atoms with Crippen LogP contribution in [-0.2, 0) is 4.79 Å². The van der Waals surface area contributed by atoms with Gasteiger partial charge < -0.3 is 10.6 Å². The lowest BCUT2D eigenvalue weighted by Crippen LogP contribution is -2.12. The third-order valence-corrected chi connectivity index (χ3v) is 4.71. The molecule has 1 aliphatic carbocycles. The maximum Gasteiger partial charge on any atom is 0.267 e. The highest BCUT2D eigenvalue weighted by Gasteiger charge is 2.28. The molecule has 2 aromatic rings. The van der Waals surface area contributed by atoms with Gasteiger partial charge in [-0.05, 0) is 38.0 Å². The predicted molar refractivity (Wildman–Crippen MR) is 87.5 cm³/mol. The Morgan fingerprint density at radius 1 is 1.23 bits per heavy atom. The fourth-order valence-electron chi connectivity index (χ4n) is 2.20. The molecule has 0 atom stereocenters. The molecule has 0 unspecified atom stereocenters. The number of carbonyl (C=O) groups excluding carboxylic acids is 2. The summed E-state index contributed by atoms with van der Waals surface area (Å²) >= 11 is 1.48. The maximum absolute atomic E-state index is 12.4. The van der Waals surface area contributed by atoms with E-state index >= 15 is 0 Å². The van der Waals surface area contributed by atoms with Gasteiger partial charge in [0.1, 0.15) is 4.88 Å². The third kappa shape index (κ3) is 3.33. The van der Waals surface area contributed by atoms with Gasteiger partial charge in [0.15, 0.2) is 0 Å². The third-order valence-electron chi connectivity index (χ3n) is 3.39. The van der Waals surface area contributed by atoms with Gasteiger partial charge in [-0.15, -0.1) is 11.3 Å². The summed E-state index contributed by atoms with van der Waals surface area (Å²) in [4.78, 5) is 28.6. The smallest absolute Gasteiger partial charge is 0.267 e. The molecular weight excluding hydrogens is 298 g/mol. The Morgan fingerprint density at radius 2 is 1.91 bits per heavy atom. The molecule has 5 nitrogen and oxygen atoms in total. The van der Waals surface area contributed by atoms with Crippen LogP contribution in [0.5, 0.6) is 0 Å². The van der Waals surface area contributed by atoms with Gasteiger partial charge in [0.2, 0.25) is 5.91 Å². The predicted octanol–water partition coefficient (Wildman–Crippen LogP) is 3.54. The van der Waals surface area contributed by atoms with Crippen molar-refractivity contribution >= 4 is 34.5 Å². The molecule has 0 radical (unpaired) electrons. The van der Waals surface area contributed by atoms with Crippen LogP contribution >= 0.6 is 11.3 Å². The molecular formula is C16H17N3O2S. The van der Waals surface area contributed by atoms with E-state index in [0.717, 1.165) is 10.7 Å². The summed E-state index contributed by atoms with van der Waals surface area (Å²) in [5.74, 6) is 0.256. The number of carbonyl (C=O) groups is 2.